The average Bonchev–Trinajstić information content (AvgIpc) is 3.24. The van der Waals surface area contributed by atoms with Crippen molar-refractivity contribution in [2.24, 2.45) is 5.92 Å². The van der Waals surface area contributed by atoms with E-state index in [1.54, 1.807) is 19.1 Å². The Balaban J connectivity index is 1.38. The van der Waals surface area contributed by atoms with Crippen LogP contribution in [0, 0.1) is 29.9 Å². The number of hydrogen-bond donors (Lipinski definition) is 1. The van der Waals surface area contributed by atoms with E-state index in [0.29, 0.717) is 36.1 Å². The van der Waals surface area contributed by atoms with Crippen LogP contribution in [0.1, 0.15) is 29.9 Å². The van der Waals surface area contributed by atoms with Crippen LogP contribution in [-0.2, 0) is 11.3 Å². The predicted octanol–water partition coefficient (Wildman–Crippen LogP) is 4.11. The molecule has 166 valence electrons. The van der Waals surface area contributed by atoms with Gasteiger partial charge in [0.1, 0.15) is 0 Å². The van der Waals surface area contributed by atoms with Crippen molar-refractivity contribution in [3.05, 3.63) is 69.6 Å². The summed E-state index contributed by atoms with van der Waals surface area (Å²) in [6.07, 6.45) is 1.62. The molecule has 1 saturated heterocycles. The minimum atomic E-state index is -0.442. The van der Waals surface area contributed by atoms with Crippen LogP contribution in [0.5, 0.6) is 0 Å². The molecule has 9 nitrogen and oxygen atoms in total. The number of benzene rings is 2. The molecule has 3 aromatic rings. The summed E-state index contributed by atoms with van der Waals surface area (Å²) in [5, 5.41) is 18.1. The maximum absolute atomic E-state index is 12.9. The molecule has 1 N–H and O–H groups in total. The number of anilines is 1. The smallest absolute Gasteiger partial charge is 0.274 e. The largest absolute Gasteiger partial charge is 0.338 e. The molecule has 4 rings (SSSR count). The lowest BCUT2D eigenvalue weighted by molar-refractivity contribution is -0.385. The lowest BCUT2D eigenvalue weighted by atomic mass is 9.97. The minimum Gasteiger partial charge on any atom is -0.338 e. The molecule has 1 aliphatic rings. The molecule has 0 bridgehead atoms. The normalized spacial score (nSPS) is 16.6. The Kier molecular flexibility index (Phi) is 6.27. The summed E-state index contributed by atoms with van der Waals surface area (Å²) < 4.78 is 5.43. The highest BCUT2D eigenvalue weighted by Gasteiger charge is 2.28. The van der Waals surface area contributed by atoms with Crippen molar-refractivity contribution in [3.8, 4) is 11.4 Å². The molecule has 1 fully saturated rings. The van der Waals surface area contributed by atoms with Crippen molar-refractivity contribution in [2.45, 2.75) is 33.2 Å². The van der Waals surface area contributed by atoms with Gasteiger partial charge in [0.2, 0.25) is 17.6 Å². The van der Waals surface area contributed by atoms with Gasteiger partial charge in [0.15, 0.2) is 0 Å². The molecule has 9 heteroatoms. The van der Waals surface area contributed by atoms with Crippen LogP contribution in [0.3, 0.4) is 0 Å². The van der Waals surface area contributed by atoms with Gasteiger partial charge in [0, 0.05) is 18.2 Å². The Bertz CT molecular complexity index is 1130. The fourth-order valence-electron chi connectivity index (χ4n) is 3.93. The second-order valence-electron chi connectivity index (χ2n) is 8.15. The molecule has 1 atom stereocenters. The predicted molar refractivity (Wildman–Crippen MR) is 119 cm³/mol. The number of amides is 1. The quantitative estimate of drug-likeness (QED) is 0.458. The number of rotatable bonds is 6. The highest BCUT2D eigenvalue weighted by atomic mass is 16.6. The number of piperidine rings is 1. The van der Waals surface area contributed by atoms with Crippen LogP contribution >= 0.6 is 0 Å². The molecule has 1 aliphatic heterocycles. The van der Waals surface area contributed by atoms with Gasteiger partial charge in [-0.15, -0.1) is 0 Å². The lowest BCUT2D eigenvalue weighted by Gasteiger charge is -2.31. The zero-order valence-corrected chi connectivity index (χ0v) is 18.1. The van der Waals surface area contributed by atoms with Gasteiger partial charge in [-0.05, 0) is 39.3 Å². The van der Waals surface area contributed by atoms with Crippen LogP contribution in [0.2, 0.25) is 0 Å². The van der Waals surface area contributed by atoms with Gasteiger partial charge in [-0.1, -0.05) is 41.1 Å². The molecule has 2 aromatic carbocycles. The molecule has 1 amide bonds. The third kappa shape index (κ3) is 4.83. The Morgan fingerprint density at radius 3 is 2.78 bits per heavy atom. The van der Waals surface area contributed by atoms with Crippen LogP contribution in [0.4, 0.5) is 11.4 Å². The van der Waals surface area contributed by atoms with E-state index in [0.717, 1.165) is 30.5 Å². The molecule has 0 saturated carbocycles. The zero-order valence-electron chi connectivity index (χ0n) is 18.1. The number of nitro groups is 1. The number of nitro benzene ring substituents is 1. The van der Waals surface area contributed by atoms with Crippen LogP contribution < -0.4 is 5.32 Å². The van der Waals surface area contributed by atoms with E-state index in [1.807, 2.05) is 31.2 Å². The van der Waals surface area contributed by atoms with Gasteiger partial charge in [-0.3, -0.25) is 19.8 Å². The van der Waals surface area contributed by atoms with E-state index in [2.05, 4.69) is 20.4 Å². The van der Waals surface area contributed by atoms with E-state index < -0.39 is 4.92 Å². The van der Waals surface area contributed by atoms with Crippen molar-refractivity contribution in [2.75, 3.05) is 18.4 Å². The fourth-order valence-corrected chi connectivity index (χ4v) is 3.93. The van der Waals surface area contributed by atoms with Crippen molar-refractivity contribution in [1.29, 1.82) is 0 Å². The van der Waals surface area contributed by atoms with Crippen LogP contribution in [0.15, 0.2) is 47.0 Å². The summed E-state index contributed by atoms with van der Waals surface area (Å²) in [5.74, 6) is 0.703. The molecule has 0 aliphatic carbocycles. The summed E-state index contributed by atoms with van der Waals surface area (Å²) in [6, 6.07) is 12.6. The highest BCUT2D eigenvalue weighted by molar-refractivity contribution is 5.94. The van der Waals surface area contributed by atoms with E-state index >= 15 is 0 Å². The number of hydrogen-bond acceptors (Lipinski definition) is 7. The summed E-state index contributed by atoms with van der Waals surface area (Å²) in [6.45, 7) is 5.53. The first-order valence-corrected chi connectivity index (χ1v) is 10.6. The van der Waals surface area contributed by atoms with E-state index in [1.165, 1.54) is 6.07 Å². The minimum absolute atomic E-state index is 0.00570. The first-order valence-electron chi connectivity index (χ1n) is 10.6. The molecule has 1 aromatic heterocycles. The van der Waals surface area contributed by atoms with Crippen molar-refractivity contribution < 1.29 is 14.2 Å². The number of likely N-dealkylation sites (tertiary alicyclic amines) is 1. The highest BCUT2D eigenvalue weighted by Crippen LogP contribution is 2.27. The zero-order chi connectivity index (χ0) is 22.7. The summed E-state index contributed by atoms with van der Waals surface area (Å²) >= 11 is 0. The number of aryl methyl sites for hydroxylation is 1. The Labute approximate surface area is 185 Å². The monoisotopic (exact) mass is 435 g/mol. The summed E-state index contributed by atoms with van der Waals surface area (Å²) in [5.41, 5.74) is 2.98. The molecule has 2 heterocycles. The molecular weight excluding hydrogens is 410 g/mol. The average molecular weight is 435 g/mol. The van der Waals surface area contributed by atoms with Crippen molar-refractivity contribution >= 4 is 17.3 Å². The third-order valence-electron chi connectivity index (χ3n) is 5.77. The summed E-state index contributed by atoms with van der Waals surface area (Å²) in [4.78, 5) is 30.2. The molecule has 0 spiro atoms. The maximum Gasteiger partial charge on any atom is 0.274 e. The van der Waals surface area contributed by atoms with Crippen molar-refractivity contribution in [1.82, 2.24) is 15.0 Å². The Hall–Kier alpha value is -3.59. The van der Waals surface area contributed by atoms with Crippen LogP contribution in [0.25, 0.3) is 11.4 Å². The SMILES string of the molecule is Cc1ccc(-c2noc(CN3CCCC(C(=O)Nc4cccc([N+](=O)[O-])c4C)C3)n2)cc1. The standard InChI is InChI=1S/C23H25N5O4/c1-15-8-10-17(11-9-15)22-25-21(32-26-22)14-27-12-4-5-18(13-27)23(29)24-19-6-3-7-20(16(19)2)28(30)31/h3,6-11,18H,4-5,12-14H2,1-2H3,(H,24,29). The Morgan fingerprint density at radius 2 is 2.03 bits per heavy atom. The molecule has 32 heavy (non-hydrogen) atoms. The van der Waals surface area contributed by atoms with Crippen molar-refractivity contribution in [3.63, 3.8) is 0 Å². The third-order valence-corrected chi connectivity index (χ3v) is 5.77. The molecule has 0 radical (unpaired) electrons. The van der Waals surface area contributed by atoms with Gasteiger partial charge in [0.25, 0.3) is 5.69 Å². The summed E-state index contributed by atoms with van der Waals surface area (Å²) in [7, 11) is 0. The number of nitrogens with zero attached hydrogens (tertiary/aromatic N) is 4. The number of carbonyl (C=O) groups excluding carboxylic acids is 1. The first kappa shape index (κ1) is 21.6. The molecular formula is C23H25N5O4. The van der Waals surface area contributed by atoms with E-state index in [-0.39, 0.29) is 17.5 Å². The van der Waals surface area contributed by atoms with E-state index in [9.17, 15) is 14.9 Å². The number of aromatic nitrogens is 2. The van der Waals surface area contributed by atoms with Gasteiger partial charge >= 0.3 is 0 Å². The van der Waals surface area contributed by atoms with E-state index in [4.69, 9.17) is 4.52 Å². The second kappa shape index (κ2) is 9.27. The van der Waals surface area contributed by atoms with Gasteiger partial charge in [-0.25, -0.2) is 0 Å². The van der Waals surface area contributed by atoms with Gasteiger partial charge < -0.3 is 9.84 Å². The Morgan fingerprint density at radius 1 is 1.25 bits per heavy atom. The topological polar surface area (TPSA) is 114 Å². The second-order valence-corrected chi connectivity index (χ2v) is 8.15. The maximum atomic E-state index is 12.9. The van der Waals surface area contributed by atoms with Crippen LogP contribution in [-0.4, -0.2) is 39.0 Å². The number of nitrogens with one attached hydrogen (secondary N) is 1. The fraction of sp³-hybridized carbons (Fsp3) is 0.348. The molecule has 1 unspecified atom stereocenters. The lowest BCUT2D eigenvalue weighted by Crippen LogP contribution is -2.40. The van der Waals surface area contributed by atoms with Gasteiger partial charge in [0.05, 0.1) is 28.6 Å². The number of carbonyl (C=O) groups is 1. The van der Waals surface area contributed by atoms with Gasteiger partial charge in [-0.2, -0.15) is 4.98 Å². The first-order chi connectivity index (χ1) is 15.4.